The number of hydrogen-bond acceptors (Lipinski definition) is 7. The fourth-order valence-corrected chi connectivity index (χ4v) is 4.37. The van der Waals surface area contributed by atoms with Crippen molar-refractivity contribution in [1.82, 2.24) is 24.7 Å². The van der Waals surface area contributed by atoms with E-state index in [2.05, 4.69) is 22.1 Å². The molecule has 0 radical (unpaired) electrons. The van der Waals surface area contributed by atoms with Gasteiger partial charge < -0.3 is 5.11 Å². The molecule has 1 N–H and O–H groups in total. The van der Waals surface area contributed by atoms with E-state index >= 15 is 0 Å². The van der Waals surface area contributed by atoms with Crippen molar-refractivity contribution in [1.29, 1.82) is 10.5 Å². The summed E-state index contributed by atoms with van der Waals surface area (Å²) in [7, 11) is 0. The van der Waals surface area contributed by atoms with Crippen LogP contribution in [0.2, 0.25) is 0 Å². The average molecular weight is 421 g/mol. The van der Waals surface area contributed by atoms with E-state index in [0.717, 1.165) is 16.5 Å². The normalized spacial score (nSPS) is 19.8. The van der Waals surface area contributed by atoms with Gasteiger partial charge in [0.1, 0.15) is 11.4 Å². The van der Waals surface area contributed by atoms with Gasteiger partial charge in [0.05, 0.1) is 53.5 Å². The lowest BCUT2D eigenvalue weighted by atomic mass is 9.67. The molecule has 0 spiro atoms. The molecule has 1 aliphatic carbocycles. The highest BCUT2D eigenvalue weighted by Crippen LogP contribution is 2.46. The Morgan fingerprint density at radius 2 is 1.97 bits per heavy atom. The van der Waals surface area contributed by atoms with Crippen molar-refractivity contribution in [2.45, 2.75) is 31.4 Å². The predicted molar refractivity (Wildman–Crippen MR) is 116 cm³/mol. The first kappa shape index (κ1) is 19.8. The van der Waals surface area contributed by atoms with Crippen LogP contribution in [0, 0.1) is 28.6 Å². The molecule has 1 fully saturated rings. The zero-order valence-corrected chi connectivity index (χ0v) is 17.2. The van der Waals surface area contributed by atoms with Gasteiger partial charge in [0.2, 0.25) is 0 Å². The Balaban J connectivity index is 1.62. The Labute approximate surface area is 184 Å². The molecule has 8 nitrogen and oxygen atoms in total. The second kappa shape index (κ2) is 7.84. The SMILES string of the molecule is N#CC[C@]1(n2ccc(-c3nc(-c4ccnc(CO)c4)cc4ncccc34)n2)C[C@@H](C#N)C1. The Bertz CT molecular complexity index is 1390. The van der Waals surface area contributed by atoms with Crippen molar-refractivity contribution in [2.75, 3.05) is 0 Å². The predicted octanol–water partition coefficient (Wildman–Crippen LogP) is 3.59. The molecule has 0 unspecified atom stereocenters. The van der Waals surface area contributed by atoms with E-state index in [1.165, 1.54) is 0 Å². The van der Waals surface area contributed by atoms with Crippen LogP contribution in [0.4, 0.5) is 0 Å². The molecule has 0 aliphatic heterocycles. The van der Waals surface area contributed by atoms with Crippen molar-refractivity contribution in [2.24, 2.45) is 5.92 Å². The largest absolute Gasteiger partial charge is 0.390 e. The summed E-state index contributed by atoms with van der Waals surface area (Å²) in [6.45, 7) is -0.151. The van der Waals surface area contributed by atoms with Crippen LogP contribution in [0.3, 0.4) is 0 Å². The van der Waals surface area contributed by atoms with E-state index in [9.17, 15) is 15.6 Å². The topological polar surface area (TPSA) is 124 Å². The number of hydrogen-bond donors (Lipinski definition) is 1. The molecule has 5 rings (SSSR count). The summed E-state index contributed by atoms with van der Waals surface area (Å²) in [5.41, 5.74) is 3.80. The highest BCUT2D eigenvalue weighted by molar-refractivity contribution is 5.93. The van der Waals surface area contributed by atoms with E-state index in [0.29, 0.717) is 42.0 Å². The molecule has 4 heterocycles. The first-order valence-corrected chi connectivity index (χ1v) is 10.3. The maximum absolute atomic E-state index is 9.45. The van der Waals surface area contributed by atoms with Crippen LogP contribution in [-0.4, -0.2) is 29.8 Å². The van der Waals surface area contributed by atoms with Crippen LogP contribution in [-0.2, 0) is 12.1 Å². The first-order chi connectivity index (χ1) is 15.7. The van der Waals surface area contributed by atoms with Gasteiger partial charge in [0.15, 0.2) is 0 Å². The Hall–Kier alpha value is -4.14. The van der Waals surface area contributed by atoms with Gasteiger partial charge in [0, 0.05) is 29.5 Å². The van der Waals surface area contributed by atoms with E-state index in [-0.39, 0.29) is 12.5 Å². The van der Waals surface area contributed by atoms with Crippen LogP contribution in [0.1, 0.15) is 25.0 Å². The molecule has 4 aromatic rings. The fourth-order valence-electron chi connectivity index (χ4n) is 4.37. The summed E-state index contributed by atoms with van der Waals surface area (Å²) < 4.78 is 1.83. The Kier molecular flexibility index (Phi) is 4.85. The molecule has 1 aliphatic rings. The molecule has 8 heteroatoms. The number of aliphatic hydroxyl groups excluding tert-OH is 1. The van der Waals surface area contributed by atoms with Gasteiger partial charge in [-0.25, -0.2) is 4.98 Å². The third-order valence-corrected chi connectivity index (χ3v) is 6.03. The van der Waals surface area contributed by atoms with Crippen molar-refractivity contribution in [3.63, 3.8) is 0 Å². The van der Waals surface area contributed by atoms with Crippen molar-refractivity contribution in [3.05, 3.63) is 60.7 Å². The lowest BCUT2D eigenvalue weighted by Crippen LogP contribution is -2.46. The van der Waals surface area contributed by atoms with Gasteiger partial charge in [-0.05, 0) is 49.2 Å². The van der Waals surface area contributed by atoms with Gasteiger partial charge in [-0.2, -0.15) is 15.6 Å². The Morgan fingerprint density at radius 3 is 2.75 bits per heavy atom. The highest BCUT2D eigenvalue weighted by Gasteiger charge is 2.46. The molecule has 32 heavy (non-hydrogen) atoms. The van der Waals surface area contributed by atoms with Crippen LogP contribution in [0.5, 0.6) is 0 Å². The number of rotatable bonds is 5. The number of pyridine rings is 3. The molecule has 4 aromatic heterocycles. The summed E-state index contributed by atoms with van der Waals surface area (Å²) in [4.78, 5) is 13.5. The lowest BCUT2D eigenvalue weighted by Gasteiger charge is -2.43. The fraction of sp³-hybridized carbons (Fsp3) is 0.250. The second-order valence-corrected chi connectivity index (χ2v) is 8.06. The smallest absolute Gasteiger partial charge is 0.111 e. The van der Waals surface area contributed by atoms with Gasteiger partial charge >= 0.3 is 0 Å². The quantitative estimate of drug-likeness (QED) is 0.522. The molecular formula is C24H19N7O. The van der Waals surface area contributed by atoms with Gasteiger partial charge in [-0.3, -0.25) is 14.6 Å². The minimum Gasteiger partial charge on any atom is -0.390 e. The molecule has 1 saturated carbocycles. The second-order valence-electron chi connectivity index (χ2n) is 8.06. The number of nitriles is 2. The molecule has 156 valence electrons. The molecule has 0 saturated heterocycles. The molecule has 0 bridgehead atoms. The number of nitrogens with zero attached hydrogens (tertiary/aromatic N) is 7. The third kappa shape index (κ3) is 3.27. The van der Waals surface area contributed by atoms with Gasteiger partial charge in [-0.1, -0.05) is 0 Å². The summed E-state index contributed by atoms with van der Waals surface area (Å²) in [6, 6.07) is 15.8. The zero-order chi connectivity index (χ0) is 22.1. The van der Waals surface area contributed by atoms with Crippen LogP contribution in [0.25, 0.3) is 33.5 Å². The molecular weight excluding hydrogens is 402 g/mol. The monoisotopic (exact) mass is 421 g/mol. The van der Waals surface area contributed by atoms with E-state index < -0.39 is 5.54 Å². The third-order valence-electron chi connectivity index (χ3n) is 6.03. The zero-order valence-electron chi connectivity index (χ0n) is 17.2. The molecule has 0 aromatic carbocycles. The van der Waals surface area contributed by atoms with Crippen molar-refractivity contribution >= 4 is 10.9 Å². The number of aliphatic hydroxyl groups is 1. The van der Waals surface area contributed by atoms with Crippen LogP contribution >= 0.6 is 0 Å². The number of aromatic nitrogens is 5. The summed E-state index contributed by atoms with van der Waals surface area (Å²) in [6.07, 6.45) is 6.80. The maximum atomic E-state index is 9.45. The van der Waals surface area contributed by atoms with E-state index in [1.54, 1.807) is 18.5 Å². The molecule has 0 atom stereocenters. The average Bonchev–Trinajstić information content (AvgIpc) is 3.31. The van der Waals surface area contributed by atoms with E-state index in [1.807, 2.05) is 41.2 Å². The first-order valence-electron chi connectivity index (χ1n) is 10.3. The summed E-state index contributed by atoms with van der Waals surface area (Å²) >= 11 is 0. The summed E-state index contributed by atoms with van der Waals surface area (Å²) in [5, 5.41) is 33.7. The van der Waals surface area contributed by atoms with Crippen molar-refractivity contribution < 1.29 is 5.11 Å². The highest BCUT2D eigenvalue weighted by atomic mass is 16.3. The number of fused-ring (bicyclic) bond motifs is 1. The van der Waals surface area contributed by atoms with Gasteiger partial charge in [-0.15, -0.1) is 0 Å². The van der Waals surface area contributed by atoms with Crippen molar-refractivity contribution in [3.8, 4) is 34.8 Å². The minimum absolute atomic E-state index is 0.0464. The Morgan fingerprint density at radius 1 is 1.09 bits per heavy atom. The maximum Gasteiger partial charge on any atom is 0.111 e. The summed E-state index contributed by atoms with van der Waals surface area (Å²) in [5.74, 6) is -0.0464. The standard InChI is InChI=1S/C24H19N7O/c25-6-5-24(12-16(13-24)14-26)31-9-4-20(30-31)23-19-2-1-7-28-22(19)11-21(29-23)17-3-8-27-18(10-17)15-32/h1-4,7-11,16,32H,5,12-13,15H2/t16-,24+. The lowest BCUT2D eigenvalue weighted by molar-refractivity contribution is 0.0884. The van der Waals surface area contributed by atoms with Gasteiger partial charge in [0.25, 0.3) is 0 Å². The van der Waals surface area contributed by atoms with Crippen LogP contribution in [0.15, 0.2) is 55.0 Å². The van der Waals surface area contributed by atoms with Crippen LogP contribution < -0.4 is 0 Å². The minimum atomic E-state index is -0.444. The molecule has 0 amide bonds. The van der Waals surface area contributed by atoms with E-state index in [4.69, 9.17) is 10.1 Å².